The van der Waals surface area contributed by atoms with Gasteiger partial charge in [-0.15, -0.1) is 0 Å². The molecule has 9 heteroatoms. The van der Waals surface area contributed by atoms with E-state index in [2.05, 4.69) is 20.4 Å². The molecule has 0 spiro atoms. The van der Waals surface area contributed by atoms with E-state index in [0.717, 1.165) is 6.42 Å². The Balaban J connectivity index is 1.90. The van der Waals surface area contributed by atoms with Crippen LogP contribution in [0, 0.1) is 0 Å². The lowest BCUT2D eigenvalue weighted by Gasteiger charge is -2.11. The Bertz CT molecular complexity index is 1330. The number of hydrogen-bond donors (Lipinski definition) is 4. The highest BCUT2D eigenvalue weighted by atomic mass is 16.3. The number of amides is 1. The first kappa shape index (κ1) is 20.1. The molecule has 2 heterocycles. The largest absolute Gasteiger partial charge is 0.504 e. The summed E-state index contributed by atoms with van der Waals surface area (Å²) in [5.41, 5.74) is 9.03. The third kappa shape index (κ3) is 3.73. The quantitative estimate of drug-likeness (QED) is 0.290. The second-order valence-electron chi connectivity index (χ2n) is 7.23. The zero-order chi connectivity index (χ0) is 22.1. The first-order valence-corrected chi connectivity index (χ1v) is 9.83. The third-order valence-corrected chi connectivity index (χ3v) is 5.01. The molecule has 0 saturated heterocycles. The predicted molar refractivity (Wildman–Crippen MR) is 119 cm³/mol. The van der Waals surface area contributed by atoms with Gasteiger partial charge in [0.15, 0.2) is 17.1 Å². The van der Waals surface area contributed by atoms with Gasteiger partial charge in [-0.25, -0.2) is 9.97 Å². The van der Waals surface area contributed by atoms with Crippen LogP contribution in [0.2, 0.25) is 0 Å². The number of nitrogens with one attached hydrogen (secondary N) is 1. The van der Waals surface area contributed by atoms with Crippen molar-refractivity contribution in [1.29, 1.82) is 0 Å². The molecule has 0 aliphatic heterocycles. The Kier molecular flexibility index (Phi) is 5.16. The molecular weight excluding hydrogens is 396 g/mol. The van der Waals surface area contributed by atoms with Gasteiger partial charge < -0.3 is 21.3 Å². The number of anilines is 1. The van der Waals surface area contributed by atoms with Gasteiger partial charge in [0, 0.05) is 6.04 Å². The molecule has 0 aliphatic rings. The van der Waals surface area contributed by atoms with Crippen molar-refractivity contribution in [3.8, 4) is 11.5 Å². The van der Waals surface area contributed by atoms with Gasteiger partial charge in [0.1, 0.15) is 16.9 Å². The summed E-state index contributed by atoms with van der Waals surface area (Å²) in [6, 6.07) is 11.6. The number of phenols is 2. The van der Waals surface area contributed by atoms with Crippen LogP contribution in [0.5, 0.6) is 11.5 Å². The molecule has 4 rings (SSSR count). The Morgan fingerprint density at radius 2 is 1.90 bits per heavy atom. The van der Waals surface area contributed by atoms with Crippen molar-refractivity contribution in [1.82, 2.24) is 20.0 Å². The van der Waals surface area contributed by atoms with Crippen LogP contribution >= 0.6 is 0 Å². The number of para-hydroxylation sites is 2. The third-order valence-electron chi connectivity index (χ3n) is 5.01. The highest BCUT2D eigenvalue weighted by Crippen LogP contribution is 2.28. The van der Waals surface area contributed by atoms with E-state index < -0.39 is 0 Å². The fraction of sp³-hybridized carbons (Fsp3) is 0.182. The summed E-state index contributed by atoms with van der Waals surface area (Å²) in [5, 5.41) is 26.5. The van der Waals surface area contributed by atoms with E-state index in [4.69, 9.17) is 5.73 Å². The highest BCUT2D eigenvalue weighted by molar-refractivity contribution is 6.10. The zero-order valence-electron chi connectivity index (χ0n) is 17.1. The van der Waals surface area contributed by atoms with Crippen molar-refractivity contribution in [3.05, 3.63) is 53.6 Å². The van der Waals surface area contributed by atoms with Crippen LogP contribution in [-0.2, 0) is 0 Å². The predicted octanol–water partition coefficient (Wildman–Crippen LogP) is 2.99. The minimum Gasteiger partial charge on any atom is -0.504 e. The molecule has 158 valence electrons. The Morgan fingerprint density at radius 3 is 2.58 bits per heavy atom. The summed E-state index contributed by atoms with van der Waals surface area (Å²) in [4.78, 5) is 22.2. The summed E-state index contributed by atoms with van der Waals surface area (Å²) in [6.45, 7) is 3.88. The fourth-order valence-electron chi connectivity index (χ4n) is 3.13. The number of carbonyl (C=O) groups is 1. The lowest BCUT2D eigenvalue weighted by molar-refractivity contribution is 0.0941. The van der Waals surface area contributed by atoms with E-state index in [0.29, 0.717) is 27.8 Å². The molecule has 2 aromatic heterocycles. The lowest BCUT2D eigenvalue weighted by Crippen LogP contribution is -2.32. The highest BCUT2D eigenvalue weighted by Gasteiger charge is 2.24. The number of hydrogen-bond acceptors (Lipinski definition) is 7. The summed E-state index contributed by atoms with van der Waals surface area (Å²) in [7, 11) is 0. The average Bonchev–Trinajstić information content (AvgIpc) is 3.03. The van der Waals surface area contributed by atoms with Crippen molar-refractivity contribution in [3.63, 3.8) is 0 Å². The van der Waals surface area contributed by atoms with Crippen molar-refractivity contribution < 1.29 is 15.0 Å². The molecule has 1 atom stereocenters. The minimum atomic E-state index is -0.349. The molecule has 31 heavy (non-hydrogen) atoms. The maximum absolute atomic E-state index is 13.0. The van der Waals surface area contributed by atoms with E-state index in [1.165, 1.54) is 23.0 Å². The first-order valence-electron chi connectivity index (χ1n) is 9.83. The number of nitrogens with zero attached hydrogens (tertiary/aromatic N) is 4. The minimum absolute atomic E-state index is 0.0396. The molecule has 0 aliphatic carbocycles. The molecule has 4 aromatic rings. The lowest BCUT2D eigenvalue weighted by atomic mass is 10.2. The van der Waals surface area contributed by atoms with Gasteiger partial charge >= 0.3 is 0 Å². The number of nitrogens with two attached hydrogens (primary N) is 1. The van der Waals surface area contributed by atoms with Crippen molar-refractivity contribution in [2.24, 2.45) is 5.10 Å². The van der Waals surface area contributed by atoms with Gasteiger partial charge in [-0.1, -0.05) is 19.1 Å². The molecule has 5 N–H and O–H groups in total. The van der Waals surface area contributed by atoms with Crippen molar-refractivity contribution in [2.75, 3.05) is 5.73 Å². The zero-order valence-corrected chi connectivity index (χ0v) is 17.1. The van der Waals surface area contributed by atoms with E-state index in [-0.39, 0.29) is 34.8 Å². The topological polar surface area (TPSA) is 139 Å². The van der Waals surface area contributed by atoms with Gasteiger partial charge in [0.25, 0.3) is 5.91 Å². The van der Waals surface area contributed by atoms with Gasteiger partial charge in [0.2, 0.25) is 0 Å². The number of rotatable bonds is 5. The Morgan fingerprint density at radius 1 is 1.19 bits per heavy atom. The molecular formula is C22H22N6O3. The smallest absolute Gasteiger partial charge is 0.257 e. The molecule has 1 amide bonds. The van der Waals surface area contributed by atoms with Crippen LogP contribution in [0.1, 0.15) is 36.2 Å². The fourth-order valence-corrected chi connectivity index (χ4v) is 3.13. The van der Waals surface area contributed by atoms with Gasteiger partial charge in [0.05, 0.1) is 17.2 Å². The standard InChI is InChI=1S/C22H22N6O3/c1-3-12(2)25-22(31)18-19-21(27-15-7-5-4-6-14(15)26-19)28(20(18)23)24-11-13-8-9-16(29)17(30)10-13/h4-12,29-30H,3,23H2,1-2H3,(H,25,31)/b24-11-/t12-/m0/s1. The number of nitrogen functional groups attached to an aromatic ring is 1. The van der Waals surface area contributed by atoms with Crippen LogP contribution in [0.15, 0.2) is 47.6 Å². The van der Waals surface area contributed by atoms with Crippen molar-refractivity contribution in [2.45, 2.75) is 26.3 Å². The maximum atomic E-state index is 13.0. The number of aromatic hydroxyl groups is 2. The SMILES string of the molecule is CC[C@H](C)NC(=O)c1c(N)n(/N=C\c2ccc(O)c(O)c2)c2nc3ccccc3nc12. The maximum Gasteiger partial charge on any atom is 0.257 e. The number of benzene rings is 2. The molecule has 0 saturated carbocycles. The Labute approximate surface area is 177 Å². The van der Waals surface area contributed by atoms with Gasteiger partial charge in [-0.2, -0.15) is 9.78 Å². The average molecular weight is 418 g/mol. The van der Waals surface area contributed by atoms with Crippen LogP contribution < -0.4 is 11.1 Å². The van der Waals surface area contributed by atoms with E-state index in [1.807, 2.05) is 38.1 Å². The van der Waals surface area contributed by atoms with Gasteiger partial charge in [-0.05, 0) is 49.2 Å². The normalized spacial score (nSPS) is 12.6. The monoisotopic (exact) mass is 418 g/mol. The summed E-state index contributed by atoms with van der Waals surface area (Å²) in [5.74, 6) is -0.749. The number of fused-ring (bicyclic) bond motifs is 2. The van der Waals surface area contributed by atoms with E-state index in [9.17, 15) is 15.0 Å². The number of phenolic OH excluding ortho intramolecular Hbond substituents is 2. The van der Waals surface area contributed by atoms with Gasteiger partial charge in [-0.3, -0.25) is 4.79 Å². The van der Waals surface area contributed by atoms with Crippen LogP contribution in [-0.4, -0.2) is 43.0 Å². The van der Waals surface area contributed by atoms with E-state index in [1.54, 1.807) is 6.07 Å². The first-order chi connectivity index (χ1) is 14.9. The molecule has 0 radical (unpaired) electrons. The van der Waals surface area contributed by atoms with Crippen LogP contribution in [0.3, 0.4) is 0 Å². The van der Waals surface area contributed by atoms with Crippen LogP contribution in [0.25, 0.3) is 22.2 Å². The molecule has 0 fully saturated rings. The summed E-state index contributed by atoms with van der Waals surface area (Å²) < 4.78 is 1.35. The molecule has 0 unspecified atom stereocenters. The molecule has 9 nitrogen and oxygen atoms in total. The van der Waals surface area contributed by atoms with E-state index >= 15 is 0 Å². The molecule has 0 bridgehead atoms. The second-order valence-corrected chi connectivity index (χ2v) is 7.23. The summed E-state index contributed by atoms with van der Waals surface area (Å²) >= 11 is 0. The number of aromatic nitrogens is 3. The second kappa shape index (κ2) is 7.94. The molecule has 2 aromatic carbocycles. The van der Waals surface area contributed by atoms with Crippen LogP contribution in [0.4, 0.5) is 5.82 Å². The van der Waals surface area contributed by atoms with Crippen molar-refractivity contribution >= 4 is 40.1 Å². The summed E-state index contributed by atoms with van der Waals surface area (Å²) in [6.07, 6.45) is 2.21. The Hall–Kier alpha value is -4.14. The number of carbonyl (C=O) groups excluding carboxylic acids is 1.